The Bertz CT molecular complexity index is 749. The molecular formula is C21H28FN3OS. The van der Waals surface area contributed by atoms with Gasteiger partial charge in [0.15, 0.2) is 6.30 Å². The van der Waals surface area contributed by atoms with Gasteiger partial charge in [-0.1, -0.05) is 36.9 Å². The fraction of sp³-hybridized carbons (Fsp3) is 0.476. The molecule has 4 atom stereocenters. The molecule has 0 aliphatic carbocycles. The molecule has 0 fully saturated rings. The molecular weight excluding hydrogens is 361 g/mol. The lowest BCUT2D eigenvalue weighted by Crippen LogP contribution is -2.28. The molecule has 3 unspecified atom stereocenters. The fourth-order valence-corrected chi connectivity index (χ4v) is 4.78. The Balaban J connectivity index is 1.50. The van der Waals surface area contributed by atoms with Crippen LogP contribution in [0.15, 0.2) is 52.4 Å². The van der Waals surface area contributed by atoms with Gasteiger partial charge >= 0.3 is 0 Å². The van der Waals surface area contributed by atoms with Crippen LogP contribution in [0, 0.1) is 11.8 Å². The molecule has 2 aliphatic rings. The smallest absolute Gasteiger partial charge is 0.198 e. The number of thioether (sulfide) groups is 1. The summed E-state index contributed by atoms with van der Waals surface area (Å²) in [6.45, 7) is 2.05. The van der Waals surface area contributed by atoms with E-state index in [2.05, 4.69) is 53.5 Å². The Labute approximate surface area is 165 Å². The average Bonchev–Trinajstić information content (AvgIpc) is 2.99. The Morgan fingerprint density at radius 1 is 1.44 bits per heavy atom. The van der Waals surface area contributed by atoms with E-state index in [0.29, 0.717) is 11.2 Å². The monoisotopic (exact) mass is 389 g/mol. The minimum Gasteiger partial charge on any atom is -0.497 e. The van der Waals surface area contributed by atoms with E-state index in [4.69, 9.17) is 4.74 Å². The molecule has 0 aromatic heterocycles. The number of hydrogen-bond donors (Lipinski definition) is 1. The number of nitrogens with one attached hydrogen (secondary N) is 1. The predicted molar refractivity (Wildman–Crippen MR) is 113 cm³/mol. The number of allylic oxidation sites excluding steroid dienone is 2. The summed E-state index contributed by atoms with van der Waals surface area (Å²) in [5.74, 6) is 1.43. The maximum Gasteiger partial charge on any atom is 0.198 e. The molecule has 146 valence electrons. The van der Waals surface area contributed by atoms with E-state index in [1.165, 1.54) is 10.6 Å². The van der Waals surface area contributed by atoms with Crippen molar-refractivity contribution in [2.24, 2.45) is 16.8 Å². The van der Waals surface area contributed by atoms with E-state index in [1.54, 1.807) is 14.2 Å². The van der Waals surface area contributed by atoms with E-state index in [1.807, 2.05) is 30.0 Å². The zero-order chi connectivity index (χ0) is 19.4. The Morgan fingerprint density at radius 2 is 2.26 bits per heavy atom. The number of anilines is 1. The molecule has 0 amide bonds. The zero-order valence-corrected chi connectivity index (χ0v) is 17.2. The molecule has 6 heteroatoms. The second-order valence-corrected chi connectivity index (χ2v) is 8.17. The number of hydrogen-bond acceptors (Lipinski definition) is 5. The van der Waals surface area contributed by atoms with Gasteiger partial charge in [0.2, 0.25) is 0 Å². The van der Waals surface area contributed by atoms with Crippen molar-refractivity contribution >= 4 is 23.3 Å². The van der Waals surface area contributed by atoms with E-state index >= 15 is 0 Å². The summed E-state index contributed by atoms with van der Waals surface area (Å²) in [7, 11) is 5.59. The quantitative estimate of drug-likeness (QED) is 0.568. The van der Waals surface area contributed by atoms with Gasteiger partial charge in [-0.05, 0) is 43.0 Å². The fourth-order valence-electron chi connectivity index (χ4n) is 3.45. The van der Waals surface area contributed by atoms with Crippen molar-refractivity contribution in [1.82, 2.24) is 5.32 Å². The highest BCUT2D eigenvalue weighted by molar-refractivity contribution is 8.00. The first-order valence-corrected chi connectivity index (χ1v) is 10.2. The molecule has 0 spiro atoms. The van der Waals surface area contributed by atoms with Gasteiger partial charge < -0.3 is 15.0 Å². The van der Waals surface area contributed by atoms with E-state index in [9.17, 15) is 4.39 Å². The molecule has 1 N–H and O–H groups in total. The molecule has 1 aromatic rings. The summed E-state index contributed by atoms with van der Waals surface area (Å²) >= 11 is 1.88. The van der Waals surface area contributed by atoms with Gasteiger partial charge in [0.1, 0.15) is 11.6 Å². The lowest BCUT2D eigenvalue weighted by molar-refractivity contribution is 0.238. The van der Waals surface area contributed by atoms with Crippen molar-refractivity contribution in [2.45, 2.75) is 36.3 Å². The summed E-state index contributed by atoms with van der Waals surface area (Å²) in [6.07, 6.45) is 8.92. The third-order valence-corrected chi connectivity index (χ3v) is 6.59. The van der Waals surface area contributed by atoms with Crippen LogP contribution in [0.2, 0.25) is 0 Å². The molecule has 2 heterocycles. The summed E-state index contributed by atoms with van der Waals surface area (Å²) in [5, 5.41) is 3.30. The highest BCUT2D eigenvalue weighted by Crippen LogP contribution is 2.45. The zero-order valence-electron chi connectivity index (χ0n) is 16.4. The minimum atomic E-state index is -1.18. The van der Waals surface area contributed by atoms with Gasteiger partial charge in [-0.2, -0.15) is 0 Å². The number of amidine groups is 1. The normalized spacial score (nSPS) is 25.4. The topological polar surface area (TPSA) is 36.9 Å². The number of fused-ring (bicyclic) bond motifs is 1. The number of aliphatic imine (C=N–C) groups is 1. The third-order valence-electron chi connectivity index (χ3n) is 5.18. The SMILES string of the molecule is CNC1=NC(F)C([C@@H](C)/C=C/CCC2Sc3cc(OC)ccc3N2C)C=C1. The first-order chi connectivity index (χ1) is 13.0. The van der Waals surface area contributed by atoms with Crippen LogP contribution in [0.4, 0.5) is 10.1 Å². The van der Waals surface area contributed by atoms with Gasteiger partial charge in [-0.3, -0.25) is 0 Å². The minimum absolute atomic E-state index is 0.119. The van der Waals surface area contributed by atoms with Crippen LogP contribution < -0.4 is 15.0 Å². The Kier molecular flexibility index (Phi) is 6.47. The molecule has 2 aliphatic heterocycles. The van der Waals surface area contributed by atoms with Crippen molar-refractivity contribution in [3.63, 3.8) is 0 Å². The van der Waals surface area contributed by atoms with E-state index in [0.717, 1.165) is 18.6 Å². The van der Waals surface area contributed by atoms with Gasteiger partial charge in [0.05, 0.1) is 18.2 Å². The third kappa shape index (κ3) is 4.49. The molecule has 0 bridgehead atoms. The van der Waals surface area contributed by atoms with Crippen molar-refractivity contribution < 1.29 is 9.13 Å². The molecule has 0 radical (unpaired) electrons. The first-order valence-electron chi connectivity index (χ1n) is 9.35. The lowest BCUT2D eigenvalue weighted by atomic mass is 9.90. The van der Waals surface area contributed by atoms with Crippen molar-refractivity contribution in [1.29, 1.82) is 0 Å². The number of alkyl halides is 1. The maximum absolute atomic E-state index is 14.2. The van der Waals surface area contributed by atoms with Crippen molar-refractivity contribution in [3.8, 4) is 5.75 Å². The number of methoxy groups -OCH3 is 1. The van der Waals surface area contributed by atoms with Crippen LogP contribution in [0.3, 0.4) is 0 Å². The number of nitrogens with zero attached hydrogens (tertiary/aromatic N) is 2. The van der Waals surface area contributed by atoms with Gasteiger partial charge in [-0.15, -0.1) is 0 Å². The standard InChI is InChI=1S/C21H28FN3OS/c1-14(16-10-12-19(23-2)24-21(16)22)7-5-6-8-20-25(3)17-11-9-15(26-4)13-18(17)27-20/h5,7,9-14,16,20-21H,6,8H2,1-4H3,(H,23,24)/b7-5+/t14-,16?,20?,21?/m0/s1. The maximum atomic E-state index is 14.2. The van der Waals surface area contributed by atoms with E-state index in [-0.39, 0.29) is 11.8 Å². The summed E-state index contributed by atoms with van der Waals surface area (Å²) < 4.78 is 19.5. The van der Waals surface area contributed by atoms with Gasteiger partial charge in [-0.25, -0.2) is 9.38 Å². The van der Waals surface area contributed by atoms with Crippen LogP contribution in [0.25, 0.3) is 0 Å². The number of ether oxygens (including phenoxy) is 1. The molecule has 4 nitrogen and oxygen atoms in total. The molecule has 0 saturated heterocycles. The second-order valence-electron chi connectivity index (χ2n) is 6.96. The Morgan fingerprint density at radius 3 is 2.96 bits per heavy atom. The molecule has 3 rings (SSSR count). The van der Waals surface area contributed by atoms with Gasteiger partial charge in [0, 0.05) is 24.9 Å². The summed E-state index contributed by atoms with van der Waals surface area (Å²) in [5.41, 5.74) is 1.26. The highest BCUT2D eigenvalue weighted by atomic mass is 32.2. The largest absolute Gasteiger partial charge is 0.497 e. The first kappa shape index (κ1) is 19.8. The average molecular weight is 390 g/mol. The molecule has 0 saturated carbocycles. The lowest BCUT2D eigenvalue weighted by Gasteiger charge is -2.23. The van der Waals surface area contributed by atoms with E-state index < -0.39 is 6.30 Å². The predicted octanol–water partition coefficient (Wildman–Crippen LogP) is 4.64. The number of benzene rings is 1. The van der Waals surface area contributed by atoms with Crippen molar-refractivity contribution in [3.05, 3.63) is 42.5 Å². The van der Waals surface area contributed by atoms with Crippen LogP contribution in [0.1, 0.15) is 19.8 Å². The van der Waals surface area contributed by atoms with Gasteiger partial charge in [0.25, 0.3) is 0 Å². The van der Waals surface area contributed by atoms with Crippen LogP contribution >= 0.6 is 11.8 Å². The van der Waals surface area contributed by atoms with Crippen LogP contribution in [0.5, 0.6) is 5.75 Å². The number of dihydropyridines is 1. The Hall–Kier alpha value is -1.95. The second kappa shape index (κ2) is 8.83. The summed E-state index contributed by atoms with van der Waals surface area (Å²) in [6, 6.07) is 6.23. The summed E-state index contributed by atoms with van der Waals surface area (Å²) in [4.78, 5) is 7.63. The number of rotatable bonds is 6. The number of halogens is 1. The molecule has 27 heavy (non-hydrogen) atoms. The number of likely N-dealkylation sites (N-methyl/N-ethyl adjacent to an activating group) is 1. The highest BCUT2D eigenvalue weighted by Gasteiger charge is 2.27. The van der Waals surface area contributed by atoms with Crippen LogP contribution in [-0.2, 0) is 0 Å². The van der Waals surface area contributed by atoms with Crippen molar-refractivity contribution in [2.75, 3.05) is 26.1 Å². The van der Waals surface area contributed by atoms with Crippen LogP contribution in [-0.4, -0.2) is 38.7 Å². The molecule has 1 aromatic carbocycles.